The van der Waals surface area contributed by atoms with Gasteiger partial charge in [0.15, 0.2) is 11.8 Å². The van der Waals surface area contributed by atoms with Crippen LogP contribution in [0.1, 0.15) is 16.7 Å². The summed E-state index contributed by atoms with van der Waals surface area (Å²) in [5.74, 6) is 0.363. The third kappa shape index (κ3) is 4.13. The summed E-state index contributed by atoms with van der Waals surface area (Å²) in [5.41, 5.74) is 3.90. The van der Waals surface area contributed by atoms with Crippen LogP contribution in [0.2, 0.25) is 0 Å². The van der Waals surface area contributed by atoms with Crippen molar-refractivity contribution in [1.82, 2.24) is 5.32 Å². The molecule has 0 unspecified atom stereocenters. The predicted octanol–water partition coefficient (Wildman–Crippen LogP) is 4.10. The summed E-state index contributed by atoms with van der Waals surface area (Å²) >= 11 is 1.28. The van der Waals surface area contributed by atoms with Crippen LogP contribution in [0.15, 0.2) is 52.4 Å². The van der Waals surface area contributed by atoms with Crippen molar-refractivity contribution in [1.29, 1.82) is 5.26 Å². The van der Waals surface area contributed by atoms with E-state index in [2.05, 4.69) is 10.3 Å². The Bertz CT molecular complexity index is 958. The van der Waals surface area contributed by atoms with Crippen LogP contribution in [0, 0.1) is 25.2 Å². The fourth-order valence-electron chi connectivity index (χ4n) is 2.38. The molecule has 2 aromatic rings. The molecule has 1 fully saturated rings. The molecule has 3 rings (SSSR count). The van der Waals surface area contributed by atoms with E-state index in [4.69, 9.17) is 10.00 Å². The number of hydrogen-bond donors (Lipinski definition) is 1. The molecule has 0 aromatic heterocycles. The van der Waals surface area contributed by atoms with E-state index in [1.54, 1.807) is 12.1 Å². The van der Waals surface area contributed by atoms with Crippen LogP contribution < -0.4 is 10.1 Å². The highest BCUT2D eigenvalue weighted by Crippen LogP contribution is 2.30. The molecule has 26 heavy (non-hydrogen) atoms. The fraction of sp³-hybridized carbons (Fsp3) is 0.150. The van der Waals surface area contributed by atoms with Gasteiger partial charge in [0.1, 0.15) is 11.8 Å². The predicted molar refractivity (Wildman–Crippen MR) is 104 cm³/mol. The number of carbonyl (C=O) groups is 1. The number of aryl methyl sites for hydroxylation is 2. The van der Waals surface area contributed by atoms with Gasteiger partial charge < -0.3 is 10.1 Å². The summed E-state index contributed by atoms with van der Waals surface area (Å²) < 4.78 is 5.40. The maximum atomic E-state index is 12.3. The summed E-state index contributed by atoms with van der Waals surface area (Å²) in [6.45, 7) is 4.03. The molecule has 130 valence electrons. The summed E-state index contributed by atoms with van der Waals surface area (Å²) in [4.78, 5) is 17.3. The molecule has 1 amide bonds. The van der Waals surface area contributed by atoms with Gasteiger partial charge >= 0.3 is 0 Å². The third-order valence-electron chi connectivity index (χ3n) is 3.87. The van der Waals surface area contributed by atoms with E-state index in [0.717, 1.165) is 16.8 Å². The van der Waals surface area contributed by atoms with Crippen molar-refractivity contribution in [3.8, 4) is 11.8 Å². The lowest BCUT2D eigenvalue weighted by molar-refractivity contribution is -0.115. The smallest absolute Gasteiger partial charge is 0.264 e. The molecule has 1 aliphatic heterocycles. The minimum atomic E-state index is -0.201. The number of nitrogens with one attached hydrogen (secondary N) is 1. The molecule has 1 saturated heterocycles. The number of amidine groups is 1. The normalized spacial score (nSPS) is 16.6. The second kappa shape index (κ2) is 7.89. The van der Waals surface area contributed by atoms with Crippen molar-refractivity contribution in [2.24, 2.45) is 4.99 Å². The Morgan fingerprint density at radius 3 is 2.81 bits per heavy atom. The first kappa shape index (κ1) is 17.8. The van der Waals surface area contributed by atoms with E-state index in [1.165, 1.54) is 17.3 Å². The Morgan fingerprint density at radius 2 is 2.04 bits per heavy atom. The summed E-state index contributed by atoms with van der Waals surface area (Å²) in [5, 5.41) is 12.0. The first-order chi connectivity index (χ1) is 12.6. The number of nitrogens with zero attached hydrogens (tertiary/aromatic N) is 2. The van der Waals surface area contributed by atoms with Crippen molar-refractivity contribution in [2.45, 2.75) is 13.8 Å². The van der Waals surface area contributed by atoms with Gasteiger partial charge in [-0.25, -0.2) is 4.99 Å². The highest BCUT2D eigenvalue weighted by atomic mass is 32.2. The van der Waals surface area contributed by atoms with E-state index >= 15 is 0 Å². The summed E-state index contributed by atoms with van der Waals surface area (Å²) in [6, 6.07) is 15.2. The molecule has 0 radical (unpaired) electrons. The highest BCUT2D eigenvalue weighted by Gasteiger charge is 2.24. The average Bonchev–Trinajstić information content (AvgIpc) is 2.96. The van der Waals surface area contributed by atoms with Gasteiger partial charge in [0.05, 0.1) is 10.6 Å². The van der Waals surface area contributed by atoms with E-state index in [0.29, 0.717) is 15.8 Å². The number of thioether (sulfide) groups is 1. The molecule has 2 aromatic carbocycles. The SMILES string of the molecule is Cc1ccc(N=C2NC(=O)/C(=C/c3ccccc3OCC#N)S2)cc1C. The molecule has 0 saturated carbocycles. The zero-order valence-corrected chi connectivity index (χ0v) is 15.3. The second-order valence-corrected chi connectivity index (χ2v) is 6.77. The monoisotopic (exact) mass is 363 g/mol. The summed E-state index contributed by atoms with van der Waals surface area (Å²) in [6.07, 6.45) is 1.75. The van der Waals surface area contributed by atoms with E-state index in [-0.39, 0.29) is 12.5 Å². The number of rotatable bonds is 4. The van der Waals surface area contributed by atoms with Crippen molar-refractivity contribution >= 4 is 34.6 Å². The lowest BCUT2D eigenvalue weighted by atomic mass is 10.1. The molecule has 0 spiro atoms. The van der Waals surface area contributed by atoms with Gasteiger partial charge in [-0.2, -0.15) is 5.26 Å². The zero-order valence-electron chi connectivity index (χ0n) is 14.4. The van der Waals surface area contributed by atoms with Crippen molar-refractivity contribution in [2.75, 3.05) is 6.61 Å². The fourth-order valence-corrected chi connectivity index (χ4v) is 3.21. The quantitative estimate of drug-likeness (QED) is 0.830. The molecule has 6 heteroatoms. The van der Waals surface area contributed by atoms with Crippen LogP contribution >= 0.6 is 11.8 Å². The minimum absolute atomic E-state index is 0.0426. The largest absolute Gasteiger partial charge is 0.478 e. The molecule has 1 N–H and O–H groups in total. The van der Waals surface area contributed by atoms with Gasteiger partial charge in [0.25, 0.3) is 5.91 Å². The Hall–Kier alpha value is -3.04. The molecule has 0 aliphatic carbocycles. The maximum Gasteiger partial charge on any atom is 0.264 e. The number of aliphatic imine (C=N–C) groups is 1. The van der Waals surface area contributed by atoms with Gasteiger partial charge in [-0.3, -0.25) is 4.79 Å². The van der Waals surface area contributed by atoms with Gasteiger partial charge in [0.2, 0.25) is 0 Å². The second-order valence-electron chi connectivity index (χ2n) is 5.73. The summed E-state index contributed by atoms with van der Waals surface area (Å²) in [7, 11) is 0. The molecule has 0 bridgehead atoms. The number of hydrogen-bond acceptors (Lipinski definition) is 5. The van der Waals surface area contributed by atoms with Crippen LogP contribution in [0.5, 0.6) is 5.75 Å². The van der Waals surface area contributed by atoms with Crippen LogP contribution in [0.25, 0.3) is 6.08 Å². The highest BCUT2D eigenvalue weighted by molar-refractivity contribution is 8.18. The minimum Gasteiger partial charge on any atom is -0.478 e. The van der Waals surface area contributed by atoms with E-state index in [1.807, 2.05) is 56.3 Å². The van der Waals surface area contributed by atoms with Crippen molar-refractivity contribution in [3.05, 3.63) is 64.1 Å². The molecule has 1 aliphatic rings. The van der Waals surface area contributed by atoms with Gasteiger partial charge in [-0.15, -0.1) is 0 Å². The number of nitriles is 1. The number of carbonyl (C=O) groups excluding carboxylic acids is 1. The molecular weight excluding hydrogens is 346 g/mol. The van der Waals surface area contributed by atoms with Gasteiger partial charge in [-0.1, -0.05) is 24.3 Å². The number of para-hydroxylation sites is 1. The third-order valence-corrected chi connectivity index (χ3v) is 4.78. The maximum absolute atomic E-state index is 12.3. The van der Waals surface area contributed by atoms with Crippen LogP contribution in [-0.2, 0) is 4.79 Å². The topological polar surface area (TPSA) is 74.5 Å². The van der Waals surface area contributed by atoms with Gasteiger partial charge in [0, 0.05) is 5.56 Å². The van der Waals surface area contributed by atoms with Crippen molar-refractivity contribution < 1.29 is 9.53 Å². The molecule has 1 heterocycles. The van der Waals surface area contributed by atoms with Crippen molar-refractivity contribution in [3.63, 3.8) is 0 Å². The zero-order chi connectivity index (χ0) is 18.5. The Morgan fingerprint density at radius 1 is 1.23 bits per heavy atom. The number of benzene rings is 2. The lowest BCUT2D eigenvalue weighted by Gasteiger charge is -2.05. The van der Waals surface area contributed by atoms with E-state index < -0.39 is 0 Å². The average molecular weight is 363 g/mol. The van der Waals surface area contributed by atoms with Crippen LogP contribution in [0.4, 0.5) is 5.69 Å². The van der Waals surface area contributed by atoms with Crippen LogP contribution in [0.3, 0.4) is 0 Å². The molecule has 0 atom stereocenters. The molecular formula is C20H17N3O2S. The van der Waals surface area contributed by atoms with Gasteiger partial charge in [-0.05, 0) is 61.0 Å². The Balaban J connectivity index is 1.84. The number of ether oxygens (including phenoxy) is 1. The first-order valence-electron chi connectivity index (χ1n) is 8.02. The lowest BCUT2D eigenvalue weighted by Crippen LogP contribution is -2.19. The molecule has 5 nitrogen and oxygen atoms in total. The Kier molecular flexibility index (Phi) is 5.40. The standard InChI is InChI=1S/C20H17N3O2S/c1-13-7-8-16(11-14(13)2)22-20-23-19(24)18(26-20)12-15-5-3-4-6-17(15)25-10-9-21/h3-8,11-12H,10H2,1-2H3,(H,22,23,24)/b18-12-. The Labute approximate surface area is 156 Å². The van der Waals surface area contributed by atoms with E-state index in [9.17, 15) is 4.79 Å². The van der Waals surface area contributed by atoms with Crippen LogP contribution in [-0.4, -0.2) is 17.7 Å². The first-order valence-corrected chi connectivity index (χ1v) is 8.84. The number of amides is 1.